The Hall–Kier alpha value is -3.60. The molecule has 0 radical (unpaired) electrons. The number of amides is 1. The third-order valence-corrected chi connectivity index (χ3v) is 7.88. The standard InChI is InChI=1S/C26H24N4O4S2/c1-2-16(31)12-27-24(33)18-14-35-25-22(18)36-29-23(28-25)20-21(32)17-10-6-7-11-19(17)30(26(20)34)13-15-8-4-3-5-9-15/h3-11,14,16,31-32H,2,12-13H2,1H3,(H,27,33)(H,28,29). The predicted octanol–water partition coefficient (Wildman–Crippen LogP) is 4.01. The molecule has 0 saturated heterocycles. The molecule has 0 aliphatic carbocycles. The Morgan fingerprint density at radius 1 is 1.17 bits per heavy atom. The molecular weight excluding hydrogens is 496 g/mol. The number of aromatic nitrogens is 1. The molecule has 3 heterocycles. The number of aliphatic hydroxyl groups excluding tert-OH is 1. The van der Waals surface area contributed by atoms with Crippen LogP contribution >= 0.6 is 23.3 Å². The molecule has 1 aliphatic rings. The van der Waals surface area contributed by atoms with Gasteiger partial charge in [0.1, 0.15) is 16.3 Å². The number of carbonyl (C=O) groups is 1. The number of thiophene rings is 1. The van der Waals surface area contributed by atoms with Crippen molar-refractivity contribution in [3.8, 4) is 5.75 Å². The van der Waals surface area contributed by atoms with Crippen LogP contribution in [0.3, 0.4) is 0 Å². The fourth-order valence-corrected chi connectivity index (χ4v) is 5.88. The van der Waals surface area contributed by atoms with Crippen molar-refractivity contribution in [2.24, 2.45) is 4.99 Å². The number of aliphatic imine (C=N–C) groups is 1. The number of nitrogens with zero attached hydrogens (tertiary/aromatic N) is 2. The van der Waals surface area contributed by atoms with E-state index in [1.54, 1.807) is 16.0 Å². The van der Waals surface area contributed by atoms with E-state index in [0.29, 0.717) is 39.3 Å². The van der Waals surface area contributed by atoms with Crippen molar-refractivity contribution in [3.05, 3.63) is 87.0 Å². The average Bonchev–Trinajstić information content (AvgIpc) is 3.33. The Balaban J connectivity index is 1.56. The van der Waals surface area contributed by atoms with Crippen LogP contribution in [-0.2, 0) is 6.54 Å². The molecular formula is C26H24N4O4S2. The van der Waals surface area contributed by atoms with Crippen molar-refractivity contribution in [2.45, 2.75) is 30.9 Å². The summed E-state index contributed by atoms with van der Waals surface area (Å²) < 4.78 is 4.69. The lowest BCUT2D eigenvalue weighted by atomic mass is 10.1. The quantitative estimate of drug-likeness (QED) is 0.274. The van der Waals surface area contributed by atoms with Gasteiger partial charge >= 0.3 is 0 Å². The maximum atomic E-state index is 13.7. The lowest BCUT2D eigenvalue weighted by Gasteiger charge is -2.19. The van der Waals surface area contributed by atoms with Gasteiger partial charge in [0.15, 0.2) is 5.84 Å². The van der Waals surface area contributed by atoms with E-state index < -0.39 is 6.10 Å². The number of carbonyl (C=O) groups excluding carboxylic acids is 1. The Morgan fingerprint density at radius 2 is 1.92 bits per heavy atom. The van der Waals surface area contributed by atoms with E-state index in [0.717, 1.165) is 5.56 Å². The molecule has 184 valence electrons. The summed E-state index contributed by atoms with van der Waals surface area (Å²) in [5, 5.41) is 26.4. The minimum absolute atomic E-state index is 0.0771. The molecule has 1 unspecified atom stereocenters. The number of fused-ring (bicyclic) bond motifs is 2. The summed E-state index contributed by atoms with van der Waals surface area (Å²) in [5.74, 6) is -0.206. The summed E-state index contributed by atoms with van der Waals surface area (Å²) >= 11 is 2.45. The highest BCUT2D eigenvalue weighted by atomic mass is 32.2. The zero-order valence-corrected chi connectivity index (χ0v) is 21.0. The minimum atomic E-state index is -0.604. The number of rotatable bonds is 7. The number of hydrogen-bond donors (Lipinski definition) is 4. The van der Waals surface area contributed by atoms with E-state index in [-0.39, 0.29) is 35.2 Å². The zero-order valence-electron chi connectivity index (χ0n) is 19.4. The average molecular weight is 521 g/mol. The fourth-order valence-electron chi connectivity index (χ4n) is 3.98. The molecule has 1 aliphatic heterocycles. The van der Waals surface area contributed by atoms with Crippen LogP contribution in [0.5, 0.6) is 5.75 Å². The molecule has 1 atom stereocenters. The maximum Gasteiger partial charge on any atom is 0.266 e. The van der Waals surface area contributed by atoms with Crippen LogP contribution in [0, 0.1) is 0 Å². The molecule has 4 N–H and O–H groups in total. The van der Waals surface area contributed by atoms with E-state index in [1.165, 1.54) is 23.3 Å². The van der Waals surface area contributed by atoms with Gasteiger partial charge in [0.2, 0.25) is 0 Å². The van der Waals surface area contributed by atoms with Crippen molar-refractivity contribution in [3.63, 3.8) is 0 Å². The van der Waals surface area contributed by atoms with Crippen molar-refractivity contribution >= 4 is 50.9 Å². The molecule has 0 saturated carbocycles. The number of hydrogen-bond acceptors (Lipinski definition) is 8. The molecule has 1 amide bonds. The van der Waals surface area contributed by atoms with Crippen molar-refractivity contribution in [2.75, 3.05) is 6.54 Å². The summed E-state index contributed by atoms with van der Waals surface area (Å²) in [5.41, 5.74) is 1.74. The van der Waals surface area contributed by atoms with Crippen LogP contribution < -0.4 is 15.6 Å². The van der Waals surface area contributed by atoms with Gasteiger partial charge < -0.3 is 24.8 Å². The molecule has 0 fully saturated rings. The normalized spacial score (nSPS) is 13.6. The second-order valence-corrected chi connectivity index (χ2v) is 10.0. The van der Waals surface area contributed by atoms with Gasteiger partial charge in [0.25, 0.3) is 11.5 Å². The van der Waals surface area contributed by atoms with E-state index in [9.17, 15) is 19.8 Å². The number of amidine groups is 1. The minimum Gasteiger partial charge on any atom is -0.506 e. The van der Waals surface area contributed by atoms with Crippen LogP contribution in [-0.4, -0.2) is 39.2 Å². The predicted molar refractivity (Wildman–Crippen MR) is 144 cm³/mol. The summed E-state index contributed by atoms with van der Waals surface area (Å²) in [7, 11) is 0. The van der Waals surface area contributed by atoms with Gasteiger partial charge in [-0.1, -0.05) is 49.4 Å². The fraction of sp³-hybridized carbons (Fsp3) is 0.192. The van der Waals surface area contributed by atoms with Crippen molar-refractivity contribution < 1.29 is 15.0 Å². The highest BCUT2D eigenvalue weighted by molar-refractivity contribution is 7.98. The summed E-state index contributed by atoms with van der Waals surface area (Å²) in [6.07, 6.45) is -0.0593. The van der Waals surface area contributed by atoms with E-state index >= 15 is 0 Å². The van der Waals surface area contributed by atoms with Gasteiger partial charge in [0.05, 0.1) is 28.6 Å². The summed E-state index contributed by atoms with van der Waals surface area (Å²) in [4.78, 5) is 31.6. The molecule has 10 heteroatoms. The van der Waals surface area contributed by atoms with Gasteiger partial charge in [-0.3, -0.25) is 9.59 Å². The smallest absolute Gasteiger partial charge is 0.266 e. The Labute approximate surface area is 215 Å². The number of para-hydroxylation sites is 1. The molecule has 2 aromatic heterocycles. The number of aromatic hydroxyl groups is 1. The molecule has 0 spiro atoms. The molecule has 4 aromatic rings. The Kier molecular flexibility index (Phi) is 6.82. The van der Waals surface area contributed by atoms with Crippen LogP contribution in [0.1, 0.15) is 34.8 Å². The lowest BCUT2D eigenvalue weighted by Crippen LogP contribution is -2.33. The van der Waals surface area contributed by atoms with Gasteiger partial charge in [-0.25, -0.2) is 4.99 Å². The second kappa shape index (κ2) is 10.2. The summed E-state index contributed by atoms with van der Waals surface area (Å²) in [6.45, 7) is 2.35. The molecule has 8 nitrogen and oxygen atoms in total. The monoisotopic (exact) mass is 520 g/mol. The Morgan fingerprint density at radius 3 is 2.69 bits per heavy atom. The van der Waals surface area contributed by atoms with Crippen LogP contribution in [0.25, 0.3) is 10.9 Å². The highest BCUT2D eigenvalue weighted by Crippen LogP contribution is 2.41. The largest absolute Gasteiger partial charge is 0.506 e. The first-order chi connectivity index (χ1) is 17.5. The Bertz CT molecular complexity index is 1530. The second-order valence-electron chi connectivity index (χ2n) is 8.34. The first-order valence-electron chi connectivity index (χ1n) is 11.5. The number of benzene rings is 2. The number of pyridine rings is 1. The van der Waals surface area contributed by atoms with E-state index in [1.807, 2.05) is 55.5 Å². The van der Waals surface area contributed by atoms with E-state index in [2.05, 4.69) is 15.0 Å². The first kappa shape index (κ1) is 24.1. The van der Waals surface area contributed by atoms with Crippen LogP contribution in [0.4, 0.5) is 5.00 Å². The number of aliphatic hydroxyl groups is 1. The lowest BCUT2D eigenvalue weighted by molar-refractivity contribution is 0.0911. The van der Waals surface area contributed by atoms with Crippen LogP contribution in [0.2, 0.25) is 0 Å². The first-order valence-corrected chi connectivity index (χ1v) is 13.2. The number of nitrogens with one attached hydrogen (secondary N) is 2. The van der Waals surface area contributed by atoms with Gasteiger partial charge in [-0.15, -0.1) is 11.3 Å². The molecule has 5 rings (SSSR count). The zero-order chi connectivity index (χ0) is 25.2. The van der Waals surface area contributed by atoms with E-state index in [4.69, 9.17) is 0 Å². The molecule has 0 bridgehead atoms. The summed E-state index contributed by atoms with van der Waals surface area (Å²) in [6, 6.07) is 16.9. The molecule has 2 aromatic carbocycles. The topological polar surface area (TPSA) is 116 Å². The van der Waals surface area contributed by atoms with Crippen molar-refractivity contribution in [1.29, 1.82) is 0 Å². The van der Waals surface area contributed by atoms with Gasteiger partial charge in [-0.05, 0) is 36.1 Å². The van der Waals surface area contributed by atoms with Gasteiger partial charge in [0, 0.05) is 17.3 Å². The van der Waals surface area contributed by atoms with Crippen molar-refractivity contribution in [1.82, 2.24) is 14.6 Å². The molecule has 36 heavy (non-hydrogen) atoms. The third kappa shape index (κ3) is 4.50. The maximum absolute atomic E-state index is 13.7. The highest BCUT2D eigenvalue weighted by Gasteiger charge is 2.27. The SMILES string of the molecule is CCC(O)CNC(=O)c1csc2c1SNC(c1c(O)c3ccccc3n(Cc3ccccc3)c1=O)=N2. The van der Waals surface area contributed by atoms with Crippen LogP contribution in [0.15, 0.2) is 74.7 Å². The van der Waals surface area contributed by atoms with Gasteiger partial charge in [-0.2, -0.15) is 0 Å². The third-order valence-electron chi connectivity index (χ3n) is 5.97.